The van der Waals surface area contributed by atoms with Crippen LogP contribution in [0.25, 0.3) is 71.8 Å². The topological polar surface area (TPSA) is 40.8 Å². The van der Waals surface area contributed by atoms with Gasteiger partial charge < -0.3 is 18.4 Å². The maximum absolute atomic E-state index is 6.57. The van der Waals surface area contributed by atoms with E-state index in [0.29, 0.717) is 0 Å². The first-order chi connectivity index (χ1) is 24.2. The molecule has 49 heavy (non-hydrogen) atoms. The van der Waals surface area contributed by atoms with Crippen LogP contribution in [0.5, 0.6) is 11.5 Å². The minimum atomic E-state index is 0.750. The van der Waals surface area contributed by atoms with Crippen molar-refractivity contribution < 1.29 is 9.30 Å². The van der Waals surface area contributed by atoms with Gasteiger partial charge in [0.25, 0.3) is 0 Å². The van der Waals surface area contributed by atoms with Crippen molar-refractivity contribution in [2.45, 2.75) is 0 Å². The third kappa shape index (κ3) is 4.27. The monoisotopic (exact) mass is 631 g/mol. The minimum Gasteiger partial charge on any atom is -0.458 e. The number of hydrogen-bond donors (Lipinski definition) is 0. The fraction of sp³-hybridized carbons (Fsp3) is 0.0233. The Bertz CT molecular complexity index is 2880. The van der Waals surface area contributed by atoms with Crippen molar-refractivity contribution in [3.8, 4) is 28.7 Å². The first-order valence-electron chi connectivity index (χ1n) is 16.4. The Kier molecular flexibility index (Phi) is 5.99. The van der Waals surface area contributed by atoms with Gasteiger partial charge in [-0.05, 0) is 48.5 Å². The normalized spacial score (nSPS) is 11.8. The van der Waals surface area contributed by atoms with Gasteiger partial charge in [0.2, 0.25) is 6.33 Å². The molecule has 0 bridgehead atoms. The third-order valence-electron chi connectivity index (χ3n) is 9.48. The predicted octanol–water partition coefficient (Wildman–Crippen LogP) is 9.64. The molecule has 0 aliphatic carbocycles. The number of ether oxygens (including phenoxy) is 1. The van der Waals surface area contributed by atoms with Crippen LogP contribution >= 0.6 is 0 Å². The molecule has 0 aliphatic heterocycles. The summed E-state index contributed by atoms with van der Waals surface area (Å²) in [6.07, 6.45) is 5.44. The van der Waals surface area contributed by atoms with Crippen LogP contribution in [0.4, 0.5) is 0 Å². The van der Waals surface area contributed by atoms with E-state index < -0.39 is 0 Å². The number of nitrogens with zero attached hydrogens (tertiary/aromatic N) is 5. The summed E-state index contributed by atoms with van der Waals surface area (Å²) in [6.45, 7) is 0. The lowest BCUT2D eigenvalue weighted by atomic mass is 10.1. The van der Waals surface area contributed by atoms with Gasteiger partial charge >= 0.3 is 0 Å². The lowest BCUT2D eigenvalue weighted by Gasteiger charge is -2.12. The first kappa shape index (κ1) is 27.5. The van der Waals surface area contributed by atoms with Crippen LogP contribution in [0.3, 0.4) is 0 Å². The maximum Gasteiger partial charge on any atom is 0.244 e. The van der Waals surface area contributed by atoms with Crippen molar-refractivity contribution in [2.24, 2.45) is 7.05 Å². The Balaban J connectivity index is 1.13. The zero-order chi connectivity index (χ0) is 32.5. The standard InChI is InChI=1S/C43H29N5O/c1-45-28-46(40-21-10-9-20-39(40)45)30-14-11-15-31(24-30)49-32-22-23-35-33-16-5-8-19-38(33)48(41(35)25-32)43-26-42-36(27-44-43)34-17-6-7-18-37(34)47(42)29-12-3-2-4-13-29/h2-27H,1H3. The summed E-state index contributed by atoms with van der Waals surface area (Å²) in [4.78, 5) is 5.09. The number of aromatic nitrogens is 5. The molecule has 0 spiro atoms. The zero-order valence-corrected chi connectivity index (χ0v) is 26.7. The highest BCUT2D eigenvalue weighted by Gasteiger charge is 2.18. The van der Waals surface area contributed by atoms with Gasteiger partial charge in [0.1, 0.15) is 17.3 Å². The molecule has 0 N–H and O–H groups in total. The molecule has 0 saturated heterocycles. The summed E-state index contributed by atoms with van der Waals surface area (Å²) in [7, 11) is 2.02. The Morgan fingerprint density at radius 2 is 1.14 bits per heavy atom. The summed E-state index contributed by atoms with van der Waals surface area (Å²) >= 11 is 0. The molecule has 6 heteroatoms. The summed E-state index contributed by atoms with van der Waals surface area (Å²) in [5, 5.41) is 4.61. The molecule has 0 atom stereocenters. The molecule has 4 aromatic heterocycles. The van der Waals surface area contributed by atoms with Crippen molar-refractivity contribution in [1.82, 2.24) is 18.7 Å². The van der Waals surface area contributed by atoms with Gasteiger partial charge in [-0.15, -0.1) is 0 Å². The van der Waals surface area contributed by atoms with E-state index in [1.807, 2.05) is 42.1 Å². The molecule has 6 aromatic carbocycles. The Morgan fingerprint density at radius 3 is 1.98 bits per heavy atom. The van der Waals surface area contributed by atoms with Gasteiger partial charge in [-0.2, -0.15) is 0 Å². The van der Waals surface area contributed by atoms with E-state index in [-0.39, 0.29) is 0 Å². The highest BCUT2D eigenvalue weighted by Crippen LogP contribution is 2.37. The van der Waals surface area contributed by atoms with Crippen molar-refractivity contribution in [3.05, 3.63) is 164 Å². The first-order valence-corrected chi connectivity index (χ1v) is 16.4. The SMILES string of the molecule is C[n+]1[c-]n(-c2cccc(Oc3ccc4c5ccccc5n(-c5cc6c(cn5)c5ccccc5n6-c5ccccc5)c4c3)c2)c2ccccc21. The number of rotatable bonds is 5. The van der Waals surface area contributed by atoms with Crippen LogP contribution in [-0.4, -0.2) is 18.7 Å². The fourth-order valence-corrected chi connectivity index (χ4v) is 7.30. The quantitative estimate of drug-likeness (QED) is 0.140. The molecule has 0 radical (unpaired) electrons. The Morgan fingerprint density at radius 1 is 0.510 bits per heavy atom. The van der Waals surface area contributed by atoms with E-state index in [1.54, 1.807) is 0 Å². The summed E-state index contributed by atoms with van der Waals surface area (Å²) in [5.41, 5.74) is 8.68. The number of aryl methyl sites for hydroxylation is 1. The highest BCUT2D eigenvalue weighted by atomic mass is 16.5. The molecule has 6 nitrogen and oxygen atoms in total. The minimum absolute atomic E-state index is 0.750. The van der Waals surface area contributed by atoms with Crippen molar-refractivity contribution >= 4 is 54.6 Å². The van der Waals surface area contributed by atoms with Crippen molar-refractivity contribution in [3.63, 3.8) is 0 Å². The maximum atomic E-state index is 6.57. The lowest BCUT2D eigenvalue weighted by molar-refractivity contribution is -0.649. The molecular formula is C43H29N5O. The summed E-state index contributed by atoms with van der Waals surface area (Å²) < 4.78 is 15.2. The van der Waals surface area contributed by atoms with Crippen molar-refractivity contribution in [2.75, 3.05) is 0 Å². The van der Waals surface area contributed by atoms with E-state index >= 15 is 0 Å². The molecule has 0 unspecified atom stereocenters. The molecule has 10 aromatic rings. The van der Waals surface area contributed by atoms with Gasteiger partial charge in [-0.3, -0.25) is 4.57 Å². The number of hydrogen-bond acceptors (Lipinski definition) is 2. The average Bonchev–Trinajstić information content (AvgIpc) is 3.79. The zero-order valence-electron chi connectivity index (χ0n) is 26.7. The molecule has 0 saturated carbocycles. The van der Waals surface area contributed by atoms with Crippen LogP contribution in [0.2, 0.25) is 0 Å². The number of pyridine rings is 1. The van der Waals surface area contributed by atoms with Crippen LogP contribution in [0.15, 0.2) is 158 Å². The second-order valence-corrected chi connectivity index (χ2v) is 12.4. The Hall–Kier alpha value is -6.66. The van der Waals surface area contributed by atoms with Gasteiger partial charge in [-0.1, -0.05) is 91.0 Å². The average molecular weight is 632 g/mol. The molecule has 0 amide bonds. The number of benzene rings is 6. The van der Waals surface area contributed by atoms with Gasteiger partial charge in [-0.25, -0.2) is 4.98 Å². The predicted molar refractivity (Wildman–Crippen MR) is 196 cm³/mol. The molecular weight excluding hydrogens is 603 g/mol. The third-order valence-corrected chi connectivity index (χ3v) is 9.48. The van der Waals surface area contributed by atoms with Gasteiger partial charge in [0, 0.05) is 45.6 Å². The van der Waals surface area contributed by atoms with E-state index in [4.69, 9.17) is 9.72 Å². The fourth-order valence-electron chi connectivity index (χ4n) is 7.30. The second-order valence-electron chi connectivity index (χ2n) is 12.4. The second kappa shape index (κ2) is 10.7. The molecule has 232 valence electrons. The molecule has 4 heterocycles. The van der Waals surface area contributed by atoms with Crippen molar-refractivity contribution in [1.29, 1.82) is 0 Å². The van der Waals surface area contributed by atoms with E-state index in [1.165, 1.54) is 10.8 Å². The summed E-state index contributed by atoms with van der Waals surface area (Å²) in [5.74, 6) is 2.35. The molecule has 0 aliphatic rings. The van der Waals surface area contributed by atoms with E-state index in [0.717, 1.165) is 72.6 Å². The van der Waals surface area contributed by atoms with Gasteiger partial charge in [0.15, 0.2) is 0 Å². The number of para-hydroxylation sites is 5. The Labute approximate surface area is 281 Å². The number of fused-ring (bicyclic) bond motifs is 7. The largest absolute Gasteiger partial charge is 0.458 e. The van der Waals surface area contributed by atoms with Crippen LogP contribution in [0, 0.1) is 6.33 Å². The molecule has 0 fully saturated rings. The number of imidazole rings is 1. The molecule has 10 rings (SSSR count). The summed E-state index contributed by atoms with van der Waals surface area (Å²) in [6, 6.07) is 52.6. The van der Waals surface area contributed by atoms with Gasteiger partial charge in [0.05, 0.1) is 45.8 Å². The lowest BCUT2D eigenvalue weighted by Crippen LogP contribution is -2.26. The van der Waals surface area contributed by atoms with Crippen LogP contribution in [0.1, 0.15) is 0 Å². The van der Waals surface area contributed by atoms with E-state index in [2.05, 4.69) is 147 Å². The van der Waals surface area contributed by atoms with Crippen LogP contribution in [-0.2, 0) is 7.05 Å². The van der Waals surface area contributed by atoms with Crippen LogP contribution < -0.4 is 9.30 Å². The smallest absolute Gasteiger partial charge is 0.244 e. The highest BCUT2D eigenvalue weighted by molar-refractivity contribution is 6.11. The van der Waals surface area contributed by atoms with E-state index in [9.17, 15) is 0 Å².